The van der Waals surface area contributed by atoms with Crippen LogP contribution in [0.3, 0.4) is 0 Å². The molecule has 1 saturated heterocycles. The van der Waals surface area contributed by atoms with Crippen molar-refractivity contribution in [3.8, 4) is 0 Å². The number of amides is 2. The van der Waals surface area contributed by atoms with Crippen molar-refractivity contribution >= 4 is 34.5 Å². The van der Waals surface area contributed by atoms with E-state index in [0.29, 0.717) is 11.6 Å². The molecule has 0 spiro atoms. The number of aromatic amines is 2. The molecule has 1 aliphatic heterocycles. The smallest absolute Gasteiger partial charge is 0.248 e. The van der Waals surface area contributed by atoms with Gasteiger partial charge in [-0.2, -0.15) is 10.1 Å². The Hall–Kier alpha value is -3.23. The van der Waals surface area contributed by atoms with E-state index >= 15 is 0 Å². The van der Waals surface area contributed by atoms with Crippen LogP contribution in [0, 0.1) is 5.92 Å². The van der Waals surface area contributed by atoms with Crippen LogP contribution in [0.2, 0.25) is 0 Å². The third kappa shape index (κ3) is 2.81. The van der Waals surface area contributed by atoms with E-state index in [0.717, 1.165) is 10.9 Å². The topological polar surface area (TPSA) is 120 Å². The summed E-state index contributed by atoms with van der Waals surface area (Å²) < 4.78 is 0. The molecule has 9 heteroatoms. The van der Waals surface area contributed by atoms with Crippen LogP contribution in [0.1, 0.15) is 32.0 Å². The largest absolute Gasteiger partial charge is 0.294 e. The molecular weight excluding hydrogens is 334 g/mol. The Labute approximate surface area is 149 Å². The molecule has 4 rings (SSSR count). The lowest BCUT2D eigenvalue weighted by atomic mass is 10.1. The molecule has 0 radical (unpaired) electrons. The maximum atomic E-state index is 12.5. The summed E-state index contributed by atoms with van der Waals surface area (Å²) in [6.45, 7) is 4.24. The van der Waals surface area contributed by atoms with Crippen LogP contribution in [0.4, 0.5) is 11.8 Å². The molecule has 3 N–H and O–H groups in total. The van der Waals surface area contributed by atoms with E-state index in [1.807, 2.05) is 38.1 Å². The van der Waals surface area contributed by atoms with Crippen LogP contribution in [0.5, 0.6) is 0 Å². The first-order chi connectivity index (χ1) is 12.5. The van der Waals surface area contributed by atoms with Crippen LogP contribution < -0.4 is 10.2 Å². The fraction of sp³-hybridized carbons (Fsp3) is 0.353. The van der Waals surface area contributed by atoms with E-state index in [1.165, 1.54) is 0 Å². The minimum Gasteiger partial charge on any atom is -0.294 e. The van der Waals surface area contributed by atoms with Crippen molar-refractivity contribution in [1.29, 1.82) is 0 Å². The fourth-order valence-electron chi connectivity index (χ4n) is 3.04. The second kappa shape index (κ2) is 6.25. The lowest BCUT2D eigenvalue weighted by Gasteiger charge is -2.13. The van der Waals surface area contributed by atoms with Gasteiger partial charge < -0.3 is 0 Å². The Morgan fingerprint density at radius 1 is 1.27 bits per heavy atom. The summed E-state index contributed by atoms with van der Waals surface area (Å²) in [4.78, 5) is 30.7. The maximum absolute atomic E-state index is 12.5. The van der Waals surface area contributed by atoms with Crippen molar-refractivity contribution in [3.63, 3.8) is 0 Å². The first kappa shape index (κ1) is 16.2. The molecule has 2 amide bonds. The number of anilines is 2. The van der Waals surface area contributed by atoms with E-state index in [2.05, 4.69) is 30.7 Å². The number of hydrogen-bond acceptors (Lipinski definition) is 5. The molecule has 0 saturated carbocycles. The van der Waals surface area contributed by atoms with Gasteiger partial charge in [-0.15, -0.1) is 5.10 Å². The highest BCUT2D eigenvalue weighted by atomic mass is 16.2. The number of carbonyl (C=O) groups excluding carboxylic acids is 2. The number of carbonyl (C=O) groups is 2. The number of nitrogens with zero attached hydrogens (tertiary/aromatic N) is 4. The van der Waals surface area contributed by atoms with Gasteiger partial charge in [0.05, 0.1) is 11.4 Å². The number of nitrogens with one attached hydrogen (secondary N) is 3. The van der Waals surface area contributed by atoms with Gasteiger partial charge in [-0.3, -0.25) is 30.0 Å². The Kier molecular flexibility index (Phi) is 3.90. The van der Waals surface area contributed by atoms with Crippen molar-refractivity contribution < 1.29 is 9.59 Å². The minimum atomic E-state index is -0.473. The van der Waals surface area contributed by atoms with E-state index in [1.54, 1.807) is 4.90 Å². The molecule has 26 heavy (non-hydrogen) atoms. The quantitative estimate of drug-likeness (QED) is 0.660. The summed E-state index contributed by atoms with van der Waals surface area (Å²) in [6.07, 6.45) is 0.133. The van der Waals surface area contributed by atoms with Crippen molar-refractivity contribution in [3.05, 3.63) is 30.1 Å². The van der Waals surface area contributed by atoms with Crippen LogP contribution in [-0.4, -0.2) is 43.7 Å². The normalized spacial score (nSPS) is 17.4. The second-order valence-electron chi connectivity index (χ2n) is 6.69. The van der Waals surface area contributed by atoms with E-state index in [4.69, 9.17) is 0 Å². The number of fused-ring (bicyclic) bond motifs is 1. The molecule has 0 aliphatic carbocycles. The van der Waals surface area contributed by atoms with Gasteiger partial charge in [0.1, 0.15) is 5.82 Å². The summed E-state index contributed by atoms with van der Waals surface area (Å²) in [7, 11) is 0. The number of H-pyrrole nitrogens is 2. The molecule has 3 aromatic rings. The third-order valence-electron chi connectivity index (χ3n) is 4.49. The Morgan fingerprint density at radius 3 is 2.85 bits per heavy atom. The highest BCUT2D eigenvalue weighted by molar-refractivity contribution is 6.06. The molecule has 1 aromatic carbocycles. The standard InChI is InChI=1S/C17H19N7O2/c1-9(2)14-18-17(23-21-14)19-16(26)10-7-13(25)24(8-10)15-11-5-3-4-6-12(11)20-22-15/h3-6,9-10H,7-8H2,1-2H3,(H,20,22)(H2,18,19,21,23,26)/t10-/m1/s1. The van der Waals surface area contributed by atoms with E-state index in [-0.39, 0.29) is 36.6 Å². The third-order valence-corrected chi connectivity index (χ3v) is 4.49. The van der Waals surface area contributed by atoms with Gasteiger partial charge in [0.25, 0.3) is 0 Å². The highest BCUT2D eigenvalue weighted by Gasteiger charge is 2.37. The van der Waals surface area contributed by atoms with Crippen LogP contribution in [-0.2, 0) is 9.59 Å². The lowest BCUT2D eigenvalue weighted by molar-refractivity contribution is -0.122. The minimum absolute atomic E-state index is 0.125. The molecule has 2 aromatic heterocycles. The highest BCUT2D eigenvalue weighted by Crippen LogP contribution is 2.30. The Bertz CT molecular complexity index is 974. The van der Waals surface area contributed by atoms with E-state index in [9.17, 15) is 9.59 Å². The average Bonchev–Trinajstić information content (AvgIpc) is 3.32. The molecule has 134 valence electrons. The first-order valence-electron chi connectivity index (χ1n) is 8.49. The number of benzene rings is 1. The first-order valence-corrected chi connectivity index (χ1v) is 8.49. The van der Waals surface area contributed by atoms with Crippen molar-refractivity contribution in [2.75, 3.05) is 16.8 Å². The maximum Gasteiger partial charge on any atom is 0.248 e. The molecular formula is C17H19N7O2. The van der Waals surface area contributed by atoms with Crippen LogP contribution >= 0.6 is 0 Å². The summed E-state index contributed by atoms with van der Waals surface area (Å²) in [5, 5.41) is 17.5. The lowest BCUT2D eigenvalue weighted by Crippen LogP contribution is -2.28. The Balaban J connectivity index is 1.49. The number of para-hydroxylation sites is 1. The van der Waals surface area contributed by atoms with Crippen molar-refractivity contribution in [2.45, 2.75) is 26.2 Å². The molecule has 0 unspecified atom stereocenters. The van der Waals surface area contributed by atoms with E-state index < -0.39 is 5.92 Å². The monoisotopic (exact) mass is 353 g/mol. The van der Waals surface area contributed by atoms with Crippen LogP contribution in [0.25, 0.3) is 10.9 Å². The SMILES string of the molecule is CC(C)c1nc(NC(=O)[C@@H]2CC(=O)N(c3n[nH]c4ccccc34)C2)n[nH]1. The summed E-state index contributed by atoms with van der Waals surface area (Å²) in [6, 6.07) is 7.58. The van der Waals surface area contributed by atoms with Gasteiger partial charge >= 0.3 is 0 Å². The molecule has 0 bridgehead atoms. The van der Waals surface area contributed by atoms with Gasteiger partial charge in [0, 0.05) is 24.3 Å². The second-order valence-corrected chi connectivity index (χ2v) is 6.69. The molecule has 3 heterocycles. The van der Waals surface area contributed by atoms with Gasteiger partial charge in [-0.05, 0) is 12.1 Å². The average molecular weight is 353 g/mol. The molecule has 1 atom stereocenters. The van der Waals surface area contributed by atoms with Crippen molar-refractivity contribution in [2.24, 2.45) is 5.92 Å². The van der Waals surface area contributed by atoms with Crippen molar-refractivity contribution in [1.82, 2.24) is 25.4 Å². The number of rotatable bonds is 4. The summed E-state index contributed by atoms with van der Waals surface area (Å²) in [5.41, 5.74) is 0.852. The van der Waals surface area contributed by atoms with Gasteiger partial charge in [0.2, 0.25) is 17.8 Å². The molecule has 9 nitrogen and oxygen atoms in total. The molecule has 1 aliphatic rings. The van der Waals surface area contributed by atoms with Gasteiger partial charge in [-0.1, -0.05) is 26.0 Å². The molecule has 1 fully saturated rings. The fourth-order valence-corrected chi connectivity index (χ4v) is 3.04. The predicted octanol–water partition coefficient (Wildman–Crippen LogP) is 1.80. The zero-order valence-corrected chi connectivity index (χ0v) is 14.5. The van der Waals surface area contributed by atoms with Gasteiger partial charge in [-0.25, -0.2) is 0 Å². The predicted molar refractivity (Wildman–Crippen MR) is 95.7 cm³/mol. The Morgan fingerprint density at radius 2 is 2.08 bits per heavy atom. The number of aromatic nitrogens is 5. The van der Waals surface area contributed by atoms with Crippen LogP contribution in [0.15, 0.2) is 24.3 Å². The van der Waals surface area contributed by atoms with Gasteiger partial charge in [0.15, 0.2) is 5.82 Å². The summed E-state index contributed by atoms with van der Waals surface area (Å²) >= 11 is 0. The zero-order valence-electron chi connectivity index (χ0n) is 14.5. The number of hydrogen-bond donors (Lipinski definition) is 3. The zero-order chi connectivity index (χ0) is 18.3. The summed E-state index contributed by atoms with van der Waals surface area (Å²) in [5.74, 6) is 0.807.